The Hall–Kier alpha value is -1.86. The van der Waals surface area contributed by atoms with Crippen molar-refractivity contribution in [3.05, 3.63) is 23.8 Å². The van der Waals surface area contributed by atoms with E-state index in [1.54, 1.807) is 12.1 Å². The van der Waals surface area contributed by atoms with Gasteiger partial charge in [-0.2, -0.15) is 0 Å². The van der Waals surface area contributed by atoms with Crippen molar-refractivity contribution in [1.29, 1.82) is 0 Å². The van der Waals surface area contributed by atoms with E-state index in [9.17, 15) is 9.59 Å². The predicted molar refractivity (Wildman–Crippen MR) is 84.8 cm³/mol. The first-order chi connectivity index (χ1) is 10.6. The Balaban J connectivity index is 2.42. The quantitative estimate of drug-likeness (QED) is 0.479. The number of benzene rings is 1. The van der Waals surface area contributed by atoms with Gasteiger partial charge in [-0.3, -0.25) is 4.79 Å². The summed E-state index contributed by atoms with van der Waals surface area (Å²) in [6.45, 7) is 9.02. The Morgan fingerprint density at radius 3 is 2.13 bits per heavy atom. The molecule has 124 valence electrons. The van der Waals surface area contributed by atoms with E-state index in [2.05, 4.69) is 4.74 Å². The number of carbonyl (C=O) groups is 2. The summed E-state index contributed by atoms with van der Waals surface area (Å²) in [6, 6.07) is 4.68. The Bertz CT molecular complexity index is 621. The summed E-state index contributed by atoms with van der Waals surface area (Å²) >= 11 is 0. The first-order valence-corrected chi connectivity index (χ1v) is 7.34. The lowest BCUT2D eigenvalue weighted by molar-refractivity contribution is -0.131. The lowest BCUT2D eigenvalue weighted by atomic mass is 9.78. The van der Waals surface area contributed by atoms with Crippen molar-refractivity contribution in [2.24, 2.45) is 0 Å². The molecule has 0 spiro atoms. The molecule has 7 heteroatoms. The molecule has 0 radical (unpaired) electrons. The van der Waals surface area contributed by atoms with E-state index in [0.29, 0.717) is 5.46 Å². The van der Waals surface area contributed by atoms with Crippen LogP contribution in [0.25, 0.3) is 0 Å². The zero-order valence-corrected chi connectivity index (χ0v) is 14.3. The minimum atomic E-state index is -0.693. The van der Waals surface area contributed by atoms with Gasteiger partial charge in [-0.05, 0) is 39.8 Å². The minimum absolute atomic E-state index is 0.221. The molecule has 0 amide bonds. The maximum atomic E-state index is 11.7. The van der Waals surface area contributed by atoms with Gasteiger partial charge in [0, 0.05) is 12.4 Å². The second-order valence-corrected chi connectivity index (χ2v) is 6.43. The molecule has 6 nitrogen and oxygen atoms in total. The standard InChI is InChI=1S/C16H21BO6/c1-10(18)21-13-9-11(14(19)20-6)7-8-12(13)17-22-15(2,3)16(4,5)23-17/h7-9H,1-6H3. The van der Waals surface area contributed by atoms with Gasteiger partial charge in [0.1, 0.15) is 5.75 Å². The molecule has 0 unspecified atom stereocenters. The topological polar surface area (TPSA) is 71.1 Å². The van der Waals surface area contributed by atoms with E-state index in [0.717, 1.165) is 0 Å². The second kappa shape index (κ2) is 5.98. The van der Waals surface area contributed by atoms with E-state index in [-0.39, 0.29) is 11.3 Å². The molecule has 1 fully saturated rings. The van der Waals surface area contributed by atoms with Gasteiger partial charge in [-0.25, -0.2) is 4.79 Å². The fourth-order valence-corrected chi connectivity index (χ4v) is 2.19. The van der Waals surface area contributed by atoms with Crippen molar-refractivity contribution in [3.63, 3.8) is 0 Å². The maximum Gasteiger partial charge on any atom is 0.498 e. The molecule has 0 atom stereocenters. The molecule has 1 saturated heterocycles. The number of carbonyl (C=O) groups excluding carboxylic acids is 2. The Morgan fingerprint density at radius 1 is 1.09 bits per heavy atom. The van der Waals surface area contributed by atoms with Crippen molar-refractivity contribution in [1.82, 2.24) is 0 Å². The van der Waals surface area contributed by atoms with Crippen LogP contribution in [0.5, 0.6) is 5.75 Å². The lowest BCUT2D eigenvalue weighted by Crippen LogP contribution is -2.41. The van der Waals surface area contributed by atoms with E-state index in [1.807, 2.05) is 27.7 Å². The summed E-state index contributed by atoms with van der Waals surface area (Å²) in [4.78, 5) is 23.0. The van der Waals surface area contributed by atoms with E-state index >= 15 is 0 Å². The molecular weight excluding hydrogens is 299 g/mol. The molecule has 0 aliphatic carbocycles. The van der Waals surface area contributed by atoms with Crippen LogP contribution in [0.4, 0.5) is 0 Å². The molecule has 1 aromatic carbocycles. The van der Waals surface area contributed by atoms with E-state index in [1.165, 1.54) is 20.1 Å². The SMILES string of the molecule is COC(=O)c1ccc(B2OC(C)(C)C(C)(C)O2)c(OC(C)=O)c1. The average Bonchev–Trinajstić information content (AvgIpc) is 2.65. The summed E-state index contributed by atoms with van der Waals surface area (Å²) in [6.07, 6.45) is 0. The molecule has 1 aliphatic heterocycles. The molecular formula is C16H21BO6. The maximum absolute atomic E-state index is 11.7. The molecule has 0 N–H and O–H groups in total. The van der Waals surface area contributed by atoms with Crippen molar-refractivity contribution in [3.8, 4) is 5.75 Å². The summed E-state index contributed by atoms with van der Waals surface area (Å²) in [5.74, 6) is -0.789. The zero-order valence-electron chi connectivity index (χ0n) is 14.3. The average molecular weight is 320 g/mol. The summed E-state index contributed by atoms with van der Waals surface area (Å²) in [7, 11) is 0.594. The normalized spacial score (nSPS) is 18.6. The van der Waals surface area contributed by atoms with Gasteiger partial charge in [-0.15, -0.1) is 0 Å². The van der Waals surface area contributed by atoms with Crippen LogP contribution in [-0.2, 0) is 18.8 Å². The van der Waals surface area contributed by atoms with Crippen molar-refractivity contribution < 1.29 is 28.4 Å². The highest BCUT2D eigenvalue weighted by atomic mass is 16.7. The molecule has 0 aromatic heterocycles. The van der Waals surface area contributed by atoms with Crippen LogP contribution < -0.4 is 10.2 Å². The van der Waals surface area contributed by atoms with Crippen LogP contribution in [0.3, 0.4) is 0 Å². The largest absolute Gasteiger partial charge is 0.498 e. The number of methoxy groups -OCH3 is 1. The van der Waals surface area contributed by atoms with Gasteiger partial charge in [0.2, 0.25) is 0 Å². The smallest absolute Gasteiger partial charge is 0.465 e. The van der Waals surface area contributed by atoms with Gasteiger partial charge < -0.3 is 18.8 Å². The Kier molecular flexibility index (Phi) is 4.55. The molecule has 1 aliphatic rings. The Morgan fingerprint density at radius 2 is 1.65 bits per heavy atom. The highest BCUT2D eigenvalue weighted by Crippen LogP contribution is 2.37. The first kappa shape index (κ1) is 17.5. The van der Waals surface area contributed by atoms with Crippen LogP contribution in [-0.4, -0.2) is 37.4 Å². The molecule has 1 aromatic rings. The van der Waals surface area contributed by atoms with Gasteiger partial charge in [-0.1, -0.05) is 6.07 Å². The fourth-order valence-electron chi connectivity index (χ4n) is 2.19. The van der Waals surface area contributed by atoms with Crippen molar-refractivity contribution in [2.75, 3.05) is 7.11 Å². The van der Waals surface area contributed by atoms with Gasteiger partial charge in [0.15, 0.2) is 0 Å². The van der Waals surface area contributed by atoms with Gasteiger partial charge in [0.25, 0.3) is 0 Å². The van der Waals surface area contributed by atoms with Gasteiger partial charge >= 0.3 is 19.1 Å². The van der Waals surface area contributed by atoms with Crippen LogP contribution >= 0.6 is 0 Å². The second-order valence-electron chi connectivity index (χ2n) is 6.43. The first-order valence-electron chi connectivity index (χ1n) is 7.34. The molecule has 0 saturated carbocycles. The third-order valence-corrected chi connectivity index (χ3v) is 4.20. The predicted octanol–water partition coefficient (Wildman–Crippen LogP) is 1.70. The highest BCUT2D eigenvalue weighted by Gasteiger charge is 2.52. The third-order valence-electron chi connectivity index (χ3n) is 4.20. The van der Waals surface area contributed by atoms with Crippen LogP contribution in [0.2, 0.25) is 0 Å². The lowest BCUT2D eigenvalue weighted by Gasteiger charge is -2.32. The zero-order chi connectivity index (χ0) is 17.4. The summed E-state index contributed by atoms with van der Waals surface area (Å²) in [5.41, 5.74) is -0.214. The van der Waals surface area contributed by atoms with Gasteiger partial charge in [0.05, 0.1) is 23.9 Å². The fraction of sp³-hybridized carbons (Fsp3) is 0.500. The Labute approximate surface area is 136 Å². The summed E-state index contributed by atoms with van der Waals surface area (Å²) < 4.78 is 21.8. The molecule has 0 bridgehead atoms. The molecule has 2 rings (SSSR count). The molecule has 23 heavy (non-hydrogen) atoms. The van der Waals surface area contributed by atoms with E-state index < -0.39 is 30.3 Å². The monoisotopic (exact) mass is 320 g/mol. The number of ether oxygens (including phenoxy) is 2. The third kappa shape index (κ3) is 3.40. The number of hydrogen-bond acceptors (Lipinski definition) is 6. The van der Waals surface area contributed by atoms with Crippen LogP contribution in [0.15, 0.2) is 18.2 Å². The number of rotatable bonds is 3. The van der Waals surface area contributed by atoms with E-state index in [4.69, 9.17) is 14.0 Å². The number of esters is 2. The van der Waals surface area contributed by atoms with Crippen LogP contribution in [0, 0.1) is 0 Å². The number of hydrogen-bond donors (Lipinski definition) is 0. The summed E-state index contributed by atoms with van der Waals surface area (Å²) in [5, 5.41) is 0. The highest BCUT2D eigenvalue weighted by molar-refractivity contribution is 6.63. The molecule has 1 heterocycles. The van der Waals surface area contributed by atoms with Crippen molar-refractivity contribution in [2.45, 2.75) is 45.8 Å². The van der Waals surface area contributed by atoms with Crippen LogP contribution in [0.1, 0.15) is 45.0 Å². The minimum Gasteiger partial charge on any atom is -0.465 e. The van der Waals surface area contributed by atoms with Crippen molar-refractivity contribution >= 4 is 24.5 Å².